The maximum atomic E-state index is 13.2. The number of aromatic nitrogens is 2. The van der Waals surface area contributed by atoms with Crippen LogP contribution in [0.5, 0.6) is 11.5 Å². The number of carbonyl (C=O) groups is 2. The van der Waals surface area contributed by atoms with Crippen molar-refractivity contribution in [2.45, 2.75) is 77.3 Å². The molecule has 186 valence electrons. The Kier molecular flexibility index (Phi) is 9.36. The first kappa shape index (κ1) is 25.6. The maximum Gasteiger partial charge on any atom is 0.305 e. The van der Waals surface area contributed by atoms with Crippen LogP contribution in [0.2, 0.25) is 0 Å². The number of carboxylic acids is 1. The van der Waals surface area contributed by atoms with Gasteiger partial charge < -0.3 is 19.9 Å². The molecule has 2 aromatic rings. The Morgan fingerprint density at radius 2 is 1.85 bits per heavy atom. The molecule has 34 heavy (non-hydrogen) atoms. The largest absolute Gasteiger partial charge is 0.496 e. The molecule has 8 heteroatoms. The van der Waals surface area contributed by atoms with E-state index in [4.69, 9.17) is 9.47 Å². The van der Waals surface area contributed by atoms with Gasteiger partial charge in [0.25, 0.3) is 5.91 Å². The summed E-state index contributed by atoms with van der Waals surface area (Å²) in [5.74, 6) is 0.597. The fourth-order valence-electron chi connectivity index (χ4n) is 4.82. The van der Waals surface area contributed by atoms with Crippen molar-refractivity contribution in [2.75, 3.05) is 14.2 Å². The Balaban J connectivity index is 1.83. The average molecular weight is 472 g/mol. The number of hydrogen-bond donors (Lipinski definition) is 2. The van der Waals surface area contributed by atoms with E-state index < -0.39 is 12.0 Å². The molecule has 0 radical (unpaired) electrons. The summed E-state index contributed by atoms with van der Waals surface area (Å²) in [7, 11) is 3.18. The molecule has 8 nitrogen and oxygen atoms in total. The molecule has 1 amide bonds. The summed E-state index contributed by atoms with van der Waals surface area (Å²) in [5, 5.41) is 16.9. The van der Waals surface area contributed by atoms with Crippen molar-refractivity contribution in [2.24, 2.45) is 5.92 Å². The highest BCUT2D eigenvalue weighted by Crippen LogP contribution is 2.38. The predicted molar refractivity (Wildman–Crippen MR) is 130 cm³/mol. The first-order chi connectivity index (χ1) is 16.5. The number of hydrogen-bond acceptors (Lipinski definition) is 5. The zero-order valence-corrected chi connectivity index (χ0v) is 20.5. The molecule has 1 aliphatic carbocycles. The number of rotatable bonds is 12. The van der Waals surface area contributed by atoms with E-state index in [1.807, 2.05) is 25.1 Å². The van der Waals surface area contributed by atoms with Crippen molar-refractivity contribution in [3.05, 3.63) is 30.0 Å². The van der Waals surface area contributed by atoms with Crippen molar-refractivity contribution in [3.8, 4) is 22.8 Å². The molecular weight excluding hydrogens is 434 g/mol. The first-order valence-electron chi connectivity index (χ1n) is 12.3. The van der Waals surface area contributed by atoms with Crippen LogP contribution in [0.4, 0.5) is 0 Å². The summed E-state index contributed by atoms with van der Waals surface area (Å²) in [6.07, 6.45) is 8.48. The smallest absolute Gasteiger partial charge is 0.305 e. The number of aliphatic carboxylic acids is 1. The highest BCUT2D eigenvalue weighted by molar-refractivity contribution is 5.94. The van der Waals surface area contributed by atoms with Gasteiger partial charge in [-0.05, 0) is 43.4 Å². The van der Waals surface area contributed by atoms with Gasteiger partial charge in [-0.2, -0.15) is 5.10 Å². The van der Waals surface area contributed by atoms with Crippen LogP contribution in [0.1, 0.15) is 75.2 Å². The van der Waals surface area contributed by atoms with Gasteiger partial charge in [0.1, 0.15) is 11.5 Å². The molecule has 0 unspecified atom stereocenters. The molecule has 1 atom stereocenters. The third-order valence-corrected chi connectivity index (χ3v) is 6.54. The van der Waals surface area contributed by atoms with E-state index in [-0.39, 0.29) is 18.0 Å². The van der Waals surface area contributed by atoms with Gasteiger partial charge in [0.05, 0.1) is 31.9 Å². The average Bonchev–Trinajstić information content (AvgIpc) is 3.26. The second-order valence-electron chi connectivity index (χ2n) is 9.03. The second-order valence-corrected chi connectivity index (χ2v) is 9.03. The molecule has 0 spiro atoms. The number of methoxy groups -OCH3 is 2. The highest BCUT2D eigenvalue weighted by atomic mass is 16.5. The summed E-state index contributed by atoms with van der Waals surface area (Å²) in [5.41, 5.74) is 1.70. The lowest BCUT2D eigenvalue weighted by molar-refractivity contribution is -0.137. The Bertz CT molecular complexity index is 943. The first-order valence-corrected chi connectivity index (χ1v) is 12.3. The van der Waals surface area contributed by atoms with Crippen LogP contribution in [-0.2, 0) is 11.3 Å². The Morgan fingerprint density at radius 1 is 1.18 bits per heavy atom. The monoisotopic (exact) mass is 471 g/mol. The van der Waals surface area contributed by atoms with Crippen molar-refractivity contribution in [3.63, 3.8) is 0 Å². The predicted octanol–water partition coefficient (Wildman–Crippen LogP) is 4.91. The minimum Gasteiger partial charge on any atom is -0.496 e. The van der Waals surface area contributed by atoms with Crippen LogP contribution in [0.15, 0.2) is 24.3 Å². The van der Waals surface area contributed by atoms with Gasteiger partial charge in [-0.15, -0.1) is 0 Å². The van der Waals surface area contributed by atoms with Crippen molar-refractivity contribution < 1.29 is 24.2 Å². The summed E-state index contributed by atoms with van der Waals surface area (Å²) < 4.78 is 12.9. The Labute approximate surface area is 201 Å². The zero-order valence-electron chi connectivity index (χ0n) is 20.5. The molecule has 1 heterocycles. The zero-order chi connectivity index (χ0) is 24.5. The molecule has 0 aliphatic heterocycles. The van der Waals surface area contributed by atoms with Gasteiger partial charge in [-0.3, -0.25) is 14.3 Å². The summed E-state index contributed by atoms with van der Waals surface area (Å²) in [6, 6.07) is 6.83. The van der Waals surface area contributed by atoms with Gasteiger partial charge in [0, 0.05) is 12.6 Å². The highest BCUT2D eigenvalue weighted by Gasteiger charge is 2.24. The molecule has 0 saturated heterocycles. The molecule has 1 aromatic carbocycles. The lowest BCUT2D eigenvalue weighted by Crippen LogP contribution is -2.37. The maximum absolute atomic E-state index is 13.2. The van der Waals surface area contributed by atoms with Crippen LogP contribution in [0, 0.1) is 5.92 Å². The number of nitrogens with one attached hydrogen (secondary N) is 1. The molecule has 0 bridgehead atoms. The van der Waals surface area contributed by atoms with Crippen molar-refractivity contribution >= 4 is 11.9 Å². The number of ether oxygens (including phenoxy) is 2. The summed E-state index contributed by atoms with van der Waals surface area (Å²) in [6.45, 7) is 2.66. The van der Waals surface area contributed by atoms with Crippen LogP contribution >= 0.6 is 0 Å². The third kappa shape index (κ3) is 6.52. The number of amides is 1. The Hall–Kier alpha value is -3.03. The normalized spacial score (nSPS) is 15.0. The van der Waals surface area contributed by atoms with Crippen molar-refractivity contribution in [1.29, 1.82) is 0 Å². The fourth-order valence-corrected chi connectivity index (χ4v) is 4.82. The number of aryl methyl sites for hydroxylation is 1. The quantitative estimate of drug-likeness (QED) is 0.456. The number of carbonyl (C=O) groups excluding carboxylic acids is 1. The van der Waals surface area contributed by atoms with Crippen LogP contribution in [-0.4, -0.2) is 47.0 Å². The van der Waals surface area contributed by atoms with E-state index >= 15 is 0 Å². The fraction of sp³-hybridized carbons (Fsp3) is 0.577. The van der Waals surface area contributed by atoms with Crippen LogP contribution < -0.4 is 14.8 Å². The second kappa shape index (κ2) is 12.4. The summed E-state index contributed by atoms with van der Waals surface area (Å²) >= 11 is 0. The van der Waals surface area contributed by atoms with Gasteiger partial charge in [-0.1, -0.05) is 45.1 Å². The molecule has 1 saturated carbocycles. The topological polar surface area (TPSA) is 103 Å². The number of benzene rings is 1. The molecule has 3 rings (SSSR count). The van der Waals surface area contributed by atoms with Gasteiger partial charge >= 0.3 is 5.97 Å². The Morgan fingerprint density at radius 3 is 2.44 bits per heavy atom. The standard InChI is InChI=1S/C26H37N3O5/c1-4-15-29-21(25-22(33-2)11-8-12-23(25)34-3)17-20(28-29)26(32)27-19(16-24(30)31)14-13-18-9-6-5-7-10-18/h8,11-12,17-19H,4-7,9-10,13-16H2,1-3H3,(H,27,32)(H,30,31)/t19-/m0/s1. The lowest BCUT2D eigenvalue weighted by atomic mass is 9.85. The molecule has 1 aromatic heterocycles. The molecule has 1 aliphatic rings. The van der Waals surface area contributed by atoms with E-state index in [2.05, 4.69) is 10.4 Å². The van der Waals surface area contributed by atoms with Gasteiger partial charge in [-0.25, -0.2) is 0 Å². The number of carboxylic acid groups (broad SMARTS) is 1. The molecule has 2 N–H and O–H groups in total. The van der Waals surface area contributed by atoms with E-state index in [1.54, 1.807) is 25.0 Å². The van der Waals surface area contributed by atoms with E-state index in [9.17, 15) is 14.7 Å². The van der Waals surface area contributed by atoms with Crippen LogP contribution in [0.3, 0.4) is 0 Å². The lowest BCUT2D eigenvalue weighted by Gasteiger charge is -2.24. The van der Waals surface area contributed by atoms with E-state index in [1.165, 1.54) is 32.1 Å². The van der Waals surface area contributed by atoms with E-state index in [0.29, 0.717) is 30.4 Å². The summed E-state index contributed by atoms with van der Waals surface area (Å²) in [4.78, 5) is 24.6. The van der Waals surface area contributed by atoms with Gasteiger partial charge in [0.15, 0.2) is 5.69 Å². The van der Waals surface area contributed by atoms with E-state index in [0.717, 1.165) is 24.1 Å². The third-order valence-electron chi connectivity index (χ3n) is 6.54. The molecule has 1 fully saturated rings. The van der Waals surface area contributed by atoms with Crippen LogP contribution in [0.25, 0.3) is 11.3 Å². The van der Waals surface area contributed by atoms with Gasteiger partial charge in [0.2, 0.25) is 0 Å². The minimum absolute atomic E-state index is 0.0959. The number of nitrogens with zero attached hydrogens (tertiary/aromatic N) is 2. The van der Waals surface area contributed by atoms with Crippen molar-refractivity contribution in [1.82, 2.24) is 15.1 Å². The molecular formula is C26H37N3O5. The minimum atomic E-state index is -0.912. The SMILES string of the molecule is CCCn1nc(C(=O)N[C@@H](CCC2CCCCC2)CC(=O)O)cc1-c1c(OC)cccc1OC.